The fourth-order valence-corrected chi connectivity index (χ4v) is 4.80. The van der Waals surface area contributed by atoms with Crippen LogP contribution in [0.1, 0.15) is 52.8 Å². The van der Waals surface area contributed by atoms with E-state index in [1.165, 1.54) is 16.2 Å². The minimum atomic E-state index is -0.463. The van der Waals surface area contributed by atoms with Crippen molar-refractivity contribution in [2.24, 2.45) is 5.92 Å². The van der Waals surface area contributed by atoms with Gasteiger partial charge in [-0.25, -0.2) is 0 Å². The molecule has 28 heavy (non-hydrogen) atoms. The van der Waals surface area contributed by atoms with E-state index in [9.17, 15) is 14.9 Å². The Morgan fingerprint density at radius 3 is 2.89 bits per heavy atom. The number of nitrogens with zero attached hydrogens (tertiary/aromatic N) is 2. The van der Waals surface area contributed by atoms with Crippen LogP contribution >= 0.6 is 11.3 Å². The van der Waals surface area contributed by atoms with Crippen LogP contribution in [-0.2, 0) is 33.6 Å². The Morgan fingerprint density at radius 2 is 2.21 bits per heavy atom. The zero-order valence-electron chi connectivity index (χ0n) is 16.3. The Hall–Kier alpha value is -2.66. The molecule has 1 aliphatic rings. The number of thiophene rings is 1. The standard InChI is InChI=1S/C20H23N3O4S/c1-11-4-5-15-16(9-21)20(28-17(15)8-11)22-18(24)10-26-19(25)7-6-14-12(2)23-27-13(14)3/h11H,4-8,10H2,1-3H3,(H,22,24)/t11-/m0/s1. The molecule has 0 radical (unpaired) electrons. The predicted octanol–water partition coefficient (Wildman–Crippen LogP) is 3.46. The van der Waals surface area contributed by atoms with Crippen molar-refractivity contribution in [1.82, 2.24) is 5.16 Å². The highest BCUT2D eigenvalue weighted by Crippen LogP contribution is 2.39. The Kier molecular flexibility index (Phi) is 6.15. The van der Waals surface area contributed by atoms with E-state index in [0.29, 0.717) is 28.7 Å². The average molecular weight is 401 g/mol. The predicted molar refractivity (Wildman–Crippen MR) is 104 cm³/mol. The number of nitrogens with one attached hydrogen (secondary N) is 1. The van der Waals surface area contributed by atoms with Crippen molar-refractivity contribution in [1.29, 1.82) is 5.26 Å². The zero-order valence-corrected chi connectivity index (χ0v) is 17.1. The molecule has 2 aromatic heterocycles. The summed E-state index contributed by atoms with van der Waals surface area (Å²) in [7, 11) is 0. The first-order valence-corrected chi connectivity index (χ1v) is 10.1. The molecule has 0 saturated heterocycles. The molecule has 2 aromatic rings. The summed E-state index contributed by atoms with van der Waals surface area (Å²) < 4.78 is 10.1. The molecule has 3 rings (SSSR count). The van der Waals surface area contributed by atoms with Crippen LogP contribution in [0.3, 0.4) is 0 Å². The fraction of sp³-hybridized carbons (Fsp3) is 0.500. The molecular weight excluding hydrogens is 378 g/mol. The lowest BCUT2D eigenvalue weighted by molar-refractivity contribution is -0.147. The van der Waals surface area contributed by atoms with Crippen molar-refractivity contribution in [3.8, 4) is 6.07 Å². The van der Waals surface area contributed by atoms with Crippen molar-refractivity contribution >= 4 is 28.2 Å². The molecule has 0 aromatic carbocycles. The van der Waals surface area contributed by atoms with Crippen LogP contribution < -0.4 is 5.32 Å². The number of hydrogen-bond acceptors (Lipinski definition) is 7. The molecule has 0 aliphatic heterocycles. The van der Waals surface area contributed by atoms with Crippen LogP contribution in [0.5, 0.6) is 0 Å². The number of carbonyl (C=O) groups is 2. The third kappa shape index (κ3) is 4.42. The van der Waals surface area contributed by atoms with Gasteiger partial charge in [-0.1, -0.05) is 12.1 Å². The Morgan fingerprint density at radius 1 is 1.43 bits per heavy atom. The Balaban J connectivity index is 1.52. The van der Waals surface area contributed by atoms with Gasteiger partial charge < -0.3 is 14.6 Å². The monoisotopic (exact) mass is 401 g/mol. The number of esters is 1. The van der Waals surface area contributed by atoms with E-state index >= 15 is 0 Å². The molecule has 1 aliphatic carbocycles. The van der Waals surface area contributed by atoms with E-state index in [2.05, 4.69) is 23.5 Å². The quantitative estimate of drug-likeness (QED) is 0.743. The summed E-state index contributed by atoms with van der Waals surface area (Å²) in [4.78, 5) is 25.3. The molecule has 148 valence electrons. The van der Waals surface area contributed by atoms with Crippen LogP contribution in [0, 0.1) is 31.1 Å². The van der Waals surface area contributed by atoms with Gasteiger partial charge in [-0.3, -0.25) is 9.59 Å². The SMILES string of the molecule is Cc1noc(C)c1CCC(=O)OCC(=O)Nc1sc2c(c1C#N)CC[C@H](C)C2. The number of amides is 1. The second kappa shape index (κ2) is 8.57. The van der Waals surface area contributed by atoms with Crippen LogP contribution in [0.2, 0.25) is 0 Å². The Labute approximate surface area is 167 Å². The van der Waals surface area contributed by atoms with Gasteiger partial charge in [0.2, 0.25) is 0 Å². The van der Waals surface area contributed by atoms with Gasteiger partial charge in [0.1, 0.15) is 16.8 Å². The number of anilines is 1. The first-order valence-electron chi connectivity index (χ1n) is 9.30. The van der Waals surface area contributed by atoms with Crippen molar-refractivity contribution in [3.63, 3.8) is 0 Å². The number of carbonyl (C=O) groups excluding carboxylic acids is 2. The second-order valence-electron chi connectivity index (χ2n) is 7.18. The summed E-state index contributed by atoms with van der Waals surface area (Å²) in [5, 5.41) is 16.6. The van der Waals surface area contributed by atoms with Gasteiger partial charge in [0.25, 0.3) is 5.91 Å². The zero-order chi connectivity index (χ0) is 20.3. The number of ether oxygens (including phenoxy) is 1. The minimum Gasteiger partial charge on any atom is -0.456 e. The molecule has 0 bridgehead atoms. The molecule has 2 heterocycles. The number of aryl methyl sites for hydroxylation is 2. The van der Waals surface area contributed by atoms with E-state index in [1.54, 1.807) is 6.92 Å². The van der Waals surface area contributed by atoms with Gasteiger partial charge in [-0.2, -0.15) is 5.26 Å². The largest absolute Gasteiger partial charge is 0.456 e. The fourth-order valence-electron chi connectivity index (χ4n) is 3.42. The highest BCUT2D eigenvalue weighted by Gasteiger charge is 2.24. The first-order chi connectivity index (χ1) is 13.4. The molecule has 1 amide bonds. The molecule has 0 unspecified atom stereocenters. The molecule has 0 spiro atoms. The topological polar surface area (TPSA) is 105 Å². The number of rotatable bonds is 6. The van der Waals surface area contributed by atoms with Gasteiger partial charge in [0, 0.05) is 16.9 Å². The smallest absolute Gasteiger partial charge is 0.306 e. The number of aromatic nitrogens is 1. The van der Waals surface area contributed by atoms with Gasteiger partial charge >= 0.3 is 5.97 Å². The van der Waals surface area contributed by atoms with E-state index in [1.807, 2.05) is 6.92 Å². The lowest BCUT2D eigenvalue weighted by Gasteiger charge is -2.17. The first kappa shape index (κ1) is 20.1. The van der Waals surface area contributed by atoms with Crippen molar-refractivity contribution in [2.45, 2.75) is 52.9 Å². The average Bonchev–Trinajstić information content (AvgIpc) is 3.16. The molecule has 0 saturated carbocycles. The van der Waals surface area contributed by atoms with Crippen LogP contribution in [0.15, 0.2) is 4.52 Å². The highest BCUT2D eigenvalue weighted by atomic mass is 32.1. The maximum Gasteiger partial charge on any atom is 0.306 e. The normalized spacial score (nSPS) is 15.6. The van der Waals surface area contributed by atoms with Crippen LogP contribution in [-0.4, -0.2) is 23.6 Å². The maximum atomic E-state index is 12.2. The van der Waals surface area contributed by atoms with Crippen molar-refractivity contribution in [2.75, 3.05) is 11.9 Å². The third-order valence-corrected chi connectivity index (χ3v) is 6.17. The summed E-state index contributed by atoms with van der Waals surface area (Å²) >= 11 is 1.45. The molecule has 1 atom stereocenters. The second-order valence-corrected chi connectivity index (χ2v) is 8.28. The molecule has 0 fully saturated rings. The van der Waals surface area contributed by atoms with Crippen molar-refractivity contribution in [3.05, 3.63) is 33.0 Å². The highest BCUT2D eigenvalue weighted by molar-refractivity contribution is 7.16. The Bertz CT molecular complexity index is 919. The third-order valence-electron chi connectivity index (χ3n) is 5.00. The summed E-state index contributed by atoms with van der Waals surface area (Å²) in [5.74, 6) is 0.367. The lowest BCUT2D eigenvalue weighted by Crippen LogP contribution is -2.21. The van der Waals surface area contributed by atoms with E-state index < -0.39 is 11.9 Å². The number of hydrogen-bond donors (Lipinski definition) is 1. The molecular formula is C20H23N3O4S. The van der Waals surface area contributed by atoms with E-state index in [-0.39, 0.29) is 13.0 Å². The van der Waals surface area contributed by atoms with Crippen LogP contribution in [0.25, 0.3) is 0 Å². The summed E-state index contributed by atoms with van der Waals surface area (Å²) in [6, 6.07) is 2.21. The van der Waals surface area contributed by atoms with E-state index in [4.69, 9.17) is 9.26 Å². The molecule has 7 nitrogen and oxygen atoms in total. The number of nitriles is 1. The van der Waals surface area contributed by atoms with Gasteiger partial charge in [-0.15, -0.1) is 11.3 Å². The summed E-state index contributed by atoms with van der Waals surface area (Å²) in [6.07, 6.45) is 3.44. The minimum absolute atomic E-state index is 0.144. The lowest BCUT2D eigenvalue weighted by atomic mass is 9.89. The van der Waals surface area contributed by atoms with Gasteiger partial charge in [0.05, 0.1) is 11.3 Å². The van der Waals surface area contributed by atoms with Gasteiger partial charge in [0.15, 0.2) is 6.61 Å². The number of fused-ring (bicyclic) bond motifs is 1. The summed E-state index contributed by atoms with van der Waals surface area (Å²) in [6.45, 7) is 5.43. The molecule has 8 heteroatoms. The summed E-state index contributed by atoms with van der Waals surface area (Å²) in [5.41, 5.74) is 3.24. The van der Waals surface area contributed by atoms with E-state index in [0.717, 1.165) is 36.1 Å². The van der Waals surface area contributed by atoms with Crippen molar-refractivity contribution < 1.29 is 18.8 Å². The maximum absolute atomic E-state index is 12.2. The molecule has 1 N–H and O–H groups in total. The van der Waals surface area contributed by atoms with Crippen LogP contribution in [0.4, 0.5) is 5.00 Å². The van der Waals surface area contributed by atoms with Gasteiger partial charge in [-0.05, 0) is 51.0 Å².